The summed E-state index contributed by atoms with van der Waals surface area (Å²) in [5.74, 6) is 0.563. The van der Waals surface area contributed by atoms with Gasteiger partial charge in [0.05, 0.1) is 0 Å². The Morgan fingerprint density at radius 3 is 2.04 bits per heavy atom. The third kappa shape index (κ3) is 4.88. The number of rotatable bonds is 5. The Labute approximate surface area is 156 Å². The van der Waals surface area contributed by atoms with Gasteiger partial charge in [0.1, 0.15) is 0 Å². The molecule has 2 amide bonds. The van der Waals surface area contributed by atoms with Crippen LogP contribution in [0.4, 0.5) is 23.0 Å². The molecule has 1 heterocycles. The zero-order valence-corrected chi connectivity index (χ0v) is 15.0. The van der Waals surface area contributed by atoms with E-state index < -0.39 is 0 Å². The summed E-state index contributed by atoms with van der Waals surface area (Å²) in [6, 6.07) is 18.0. The summed E-state index contributed by atoms with van der Waals surface area (Å²) < 4.78 is 0. The van der Waals surface area contributed by atoms with E-state index in [1.165, 1.54) is 6.92 Å². The summed E-state index contributed by atoms with van der Waals surface area (Å²) >= 11 is 0. The first-order chi connectivity index (χ1) is 13.0. The van der Waals surface area contributed by atoms with E-state index in [9.17, 15) is 9.59 Å². The minimum atomic E-state index is -0.225. The molecule has 0 fully saturated rings. The number of hydrogen-bond donors (Lipinski definition) is 3. The lowest BCUT2D eigenvalue weighted by Crippen LogP contribution is -2.14. The van der Waals surface area contributed by atoms with E-state index in [1.807, 2.05) is 37.3 Å². The Bertz CT molecular complexity index is 953. The van der Waals surface area contributed by atoms with Crippen molar-refractivity contribution >= 4 is 34.8 Å². The molecule has 0 aliphatic heterocycles. The van der Waals surface area contributed by atoms with E-state index in [4.69, 9.17) is 0 Å². The number of aromatic nitrogens is 2. The summed E-state index contributed by atoms with van der Waals surface area (Å²) in [7, 11) is 0. The number of benzene rings is 2. The van der Waals surface area contributed by atoms with E-state index in [0.717, 1.165) is 11.3 Å². The molecule has 1 aromatic heterocycles. The van der Waals surface area contributed by atoms with Gasteiger partial charge in [-0.25, -0.2) is 0 Å². The van der Waals surface area contributed by atoms with Crippen LogP contribution >= 0.6 is 0 Å². The fourth-order valence-electron chi connectivity index (χ4n) is 2.46. The molecule has 0 spiro atoms. The summed E-state index contributed by atoms with van der Waals surface area (Å²) in [6.07, 6.45) is 0. The lowest BCUT2D eigenvalue weighted by molar-refractivity contribution is -0.114. The molecule has 7 heteroatoms. The predicted octanol–water partition coefficient (Wildman–Crippen LogP) is 3.74. The molecule has 7 nitrogen and oxygen atoms in total. The first-order valence-electron chi connectivity index (χ1n) is 8.36. The molecule has 136 valence electrons. The molecule has 2 aromatic carbocycles. The fraction of sp³-hybridized carbons (Fsp3) is 0.100. The maximum atomic E-state index is 12.3. The van der Waals surface area contributed by atoms with Crippen LogP contribution in [0.25, 0.3) is 0 Å². The number of aryl methyl sites for hydroxylation is 1. The molecule has 27 heavy (non-hydrogen) atoms. The van der Waals surface area contributed by atoms with Crippen molar-refractivity contribution in [2.75, 3.05) is 16.0 Å². The first-order valence-corrected chi connectivity index (χ1v) is 8.36. The molecule has 0 saturated carbocycles. The van der Waals surface area contributed by atoms with Gasteiger partial charge in [0.15, 0.2) is 11.6 Å². The van der Waals surface area contributed by atoms with Crippen molar-refractivity contribution in [1.29, 1.82) is 0 Å². The van der Waals surface area contributed by atoms with Gasteiger partial charge in [-0.15, -0.1) is 10.2 Å². The third-order valence-electron chi connectivity index (χ3n) is 3.77. The number of hydrogen-bond acceptors (Lipinski definition) is 5. The van der Waals surface area contributed by atoms with Crippen molar-refractivity contribution in [2.45, 2.75) is 13.8 Å². The van der Waals surface area contributed by atoms with Crippen LogP contribution in [-0.2, 0) is 4.79 Å². The Balaban J connectivity index is 1.62. The second-order valence-electron chi connectivity index (χ2n) is 5.96. The largest absolute Gasteiger partial charge is 0.339 e. The van der Waals surface area contributed by atoms with E-state index in [0.29, 0.717) is 22.9 Å². The number of carbonyl (C=O) groups excluding carboxylic acids is 2. The molecule has 0 atom stereocenters. The van der Waals surface area contributed by atoms with E-state index >= 15 is 0 Å². The maximum absolute atomic E-state index is 12.3. The normalized spacial score (nSPS) is 10.1. The van der Waals surface area contributed by atoms with Crippen LogP contribution < -0.4 is 16.0 Å². The highest BCUT2D eigenvalue weighted by Crippen LogP contribution is 2.18. The zero-order chi connectivity index (χ0) is 19.2. The van der Waals surface area contributed by atoms with Crippen LogP contribution in [0.3, 0.4) is 0 Å². The molecule has 0 aliphatic rings. The van der Waals surface area contributed by atoms with Gasteiger partial charge in [-0.05, 0) is 55.0 Å². The molecule has 0 radical (unpaired) electrons. The zero-order valence-electron chi connectivity index (χ0n) is 15.0. The summed E-state index contributed by atoms with van der Waals surface area (Å²) in [4.78, 5) is 23.3. The van der Waals surface area contributed by atoms with Crippen molar-refractivity contribution in [1.82, 2.24) is 10.2 Å². The molecule has 0 aliphatic carbocycles. The molecule has 0 saturated heterocycles. The smallest absolute Gasteiger partial charge is 0.257 e. The van der Waals surface area contributed by atoms with Gasteiger partial charge >= 0.3 is 0 Å². The molecule has 3 N–H and O–H groups in total. The Kier molecular flexibility index (Phi) is 5.41. The van der Waals surface area contributed by atoms with Crippen molar-refractivity contribution in [3.05, 3.63) is 71.8 Å². The van der Waals surface area contributed by atoms with Crippen LogP contribution in [0, 0.1) is 6.92 Å². The minimum Gasteiger partial charge on any atom is -0.339 e. The maximum Gasteiger partial charge on any atom is 0.257 e. The lowest BCUT2D eigenvalue weighted by Gasteiger charge is -2.08. The van der Waals surface area contributed by atoms with E-state index in [2.05, 4.69) is 26.1 Å². The molecule has 3 aromatic rings. The standard InChI is InChI=1S/C20H19N5O2/c1-13-5-3-4-6-17(13)20(27)23-19-12-11-18(24-25-19)22-16-9-7-15(8-10-16)21-14(2)26/h3-12H,1-2H3,(H,21,26)(H,22,24)(H,23,25,27). The van der Waals surface area contributed by atoms with Gasteiger partial charge in [-0.1, -0.05) is 18.2 Å². The van der Waals surface area contributed by atoms with Crippen molar-refractivity contribution in [3.8, 4) is 0 Å². The van der Waals surface area contributed by atoms with Crippen LogP contribution in [0.15, 0.2) is 60.7 Å². The number of carbonyl (C=O) groups is 2. The highest BCUT2D eigenvalue weighted by molar-refractivity contribution is 6.04. The van der Waals surface area contributed by atoms with Crippen molar-refractivity contribution in [2.24, 2.45) is 0 Å². The number of amides is 2. The van der Waals surface area contributed by atoms with Gasteiger partial charge in [-0.2, -0.15) is 0 Å². The van der Waals surface area contributed by atoms with Crippen LogP contribution in [0.5, 0.6) is 0 Å². The van der Waals surface area contributed by atoms with Crippen LogP contribution in [0.2, 0.25) is 0 Å². The van der Waals surface area contributed by atoms with E-state index in [1.54, 1.807) is 30.3 Å². The topological polar surface area (TPSA) is 96.0 Å². The third-order valence-corrected chi connectivity index (χ3v) is 3.77. The minimum absolute atomic E-state index is 0.120. The molecule has 3 rings (SSSR count). The summed E-state index contributed by atoms with van der Waals surface area (Å²) in [5.41, 5.74) is 3.01. The van der Waals surface area contributed by atoms with Gasteiger partial charge in [-0.3, -0.25) is 9.59 Å². The number of nitrogens with one attached hydrogen (secondary N) is 3. The molecular weight excluding hydrogens is 342 g/mol. The van der Waals surface area contributed by atoms with Crippen molar-refractivity contribution < 1.29 is 9.59 Å². The molecule has 0 bridgehead atoms. The average molecular weight is 361 g/mol. The monoisotopic (exact) mass is 361 g/mol. The summed E-state index contributed by atoms with van der Waals surface area (Å²) in [5, 5.41) is 16.6. The average Bonchev–Trinajstić information content (AvgIpc) is 2.65. The first kappa shape index (κ1) is 18.1. The van der Waals surface area contributed by atoms with Gasteiger partial charge in [0.2, 0.25) is 5.91 Å². The number of nitrogens with zero attached hydrogens (tertiary/aromatic N) is 2. The number of anilines is 4. The molecule has 0 unspecified atom stereocenters. The van der Waals surface area contributed by atoms with Crippen LogP contribution in [-0.4, -0.2) is 22.0 Å². The predicted molar refractivity (Wildman–Crippen MR) is 105 cm³/mol. The van der Waals surface area contributed by atoms with E-state index in [-0.39, 0.29) is 11.8 Å². The Hall–Kier alpha value is -3.74. The van der Waals surface area contributed by atoms with Crippen molar-refractivity contribution in [3.63, 3.8) is 0 Å². The fourth-order valence-corrected chi connectivity index (χ4v) is 2.46. The van der Waals surface area contributed by atoms with Crippen LogP contribution in [0.1, 0.15) is 22.8 Å². The second kappa shape index (κ2) is 8.09. The Morgan fingerprint density at radius 2 is 1.41 bits per heavy atom. The molecular formula is C20H19N5O2. The quantitative estimate of drug-likeness (QED) is 0.643. The highest BCUT2D eigenvalue weighted by Gasteiger charge is 2.09. The van der Waals surface area contributed by atoms with Gasteiger partial charge < -0.3 is 16.0 Å². The Morgan fingerprint density at radius 1 is 0.778 bits per heavy atom. The SMILES string of the molecule is CC(=O)Nc1ccc(Nc2ccc(NC(=O)c3ccccc3C)nn2)cc1. The highest BCUT2D eigenvalue weighted by atomic mass is 16.2. The van der Waals surface area contributed by atoms with Gasteiger partial charge in [0.25, 0.3) is 5.91 Å². The lowest BCUT2D eigenvalue weighted by atomic mass is 10.1. The van der Waals surface area contributed by atoms with Gasteiger partial charge in [0, 0.05) is 23.9 Å². The second-order valence-corrected chi connectivity index (χ2v) is 5.96. The summed E-state index contributed by atoms with van der Waals surface area (Å²) in [6.45, 7) is 3.34.